The number of nitrogens with zero attached hydrogens (tertiary/aromatic N) is 1. The van der Waals surface area contributed by atoms with Gasteiger partial charge in [-0.25, -0.2) is 0 Å². The van der Waals surface area contributed by atoms with Gasteiger partial charge in [-0.05, 0) is 34.1 Å². The molecule has 110 valence electrons. The van der Waals surface area contributed by atoms with Crippen LogP contribution in [0.25, 0.3) is 0 Å². The van der Waals surface area contributed by atoms with Gasteiger partial charge in [-0.2, -0.15) is 0 Å². The highest BCUT2D eigenvalue weighted by Gasteiger charge is 2.24. The van der Waals surface area contributed by atoms with Crippen LogP contribution >= 0.6 is 15.9 Å². The molecule has 1 aromatic heterocycles. The molecule has 0 fully saturated rings. The van der Waals surface area contributed by atoms with Gasteiger partial charge in [0.15, 0.2) is 17.6 Å². The second-order valence-corrected chi connectivity index (χ2v) is 5.83. The third-order valence-corrected chi connectivity index (χ3v) is 3.73. The molecule has 1 amide bonds. The van der Waals surface area contributed by atoms with Gasteiger partial charge in [-0.3, -0.25) is 4.79 Å². The molecule has 6 heteroatoms. The molecule has 1 N–H and O–H groups in total. The van der Waals surface area contributed by atoms with E-state index in [-0.39, 0.29) is 12.0 Å². The van der Waals surface area contributed by atoms with Crippen LogP contribution in [0.1, 0.15) is 10.5 Å². The van der Waals surface area contributed by atoms with E-state index in [1.807, 2.05) is 24.3 Å². The molecule has 21 heavy (non-hydrogen) atoms. The smallest absolute Gasteiger partial charge is 0.270 e. The van der Waals surface area contributed by atoms with Crippen molar-refractivity contribution in [2.24, 2.45) is 0 Å². The first kappa shape index (κ1) is 14.0. The lowest BCUT2D eigenvalue weighted by atomic mass is 10.2. The summed E-state index contributed by atoms with van der Waals surface area (Å²) in [6.45, 7) is 0.896. The van der Waals surface area contributed by atoms with Gasteiger partial charge in [-0.15, -0.1) is 0 Å². The first-order valence-electron chi connectivity index (χ1n) is 6.61. The Morgan fingerprint density at radius 2 is 2.19 bits per heavy atom. The topological polar surface area (TPSA) is 54.6 Å². The average Bonchev–Trinajstić information content (AvgIpc) is 2.93. The lowest BCUT2D eigenvalue weighted by Crippen LogP contribution is -2.41. The van der Waals surface area contributed by atoms with Crippen molar-refractivity contribution in [2.45, 2.75) is 6.10 Å². The standard InChI is InChI=1S/C15H15BrN2O3/c1-18(15(19)12-6-10(16)7-17-12)8-11-9-20-13-4-2-3-5-14(13)21-11/h2-7,11,17H,8-9H2,1H3/t11-/m1/s1. The van der Waals surface area contributed by atoms with E-state index >= 15 is 0 Å². The Labute approximate surface area is 131 Å². The fourth-order valence-corrected chi connectivity index (χ4v) is 2.58. The lowest BCUT2D eigenvalue weighted by Gasteiger charge is -2.29. The molecule has 0 unspecified atom stereocenters. The summed E-state index contributed by atoms with van der Waals surface area (Å²) in [7, 11) is 1.75. The maximum atomic E-state index is 12.3. The Balaban J connectivity index is 1.63. The first-order valence-corrected chi connectivity index (χ1v) is 7.40. The van der Waals surface area contributed by atoms with Gasteiger partial charge in [0, 0.05) is 17.7 Å². The van der Waals surface area contributed by atoms with Gasteiger partial charge in [0.25, 0.3) is 5.91 Å². The molecule has 1 aliphatic heterocycles. The van der Waals surface area contributed by atoms with Gasteiger partial charge in [0.2, 0.25) is 0 Å². The molecule has 2 aromatic rings. The fraction of sp³-hybridized carbons (Fsp3) is 0.267. The zero-order chi connectivity index (χ0) is 14.8. The van der Waals surface area contributed by atoms with E-state index in [2.05, 4.69) is 20.9 Å². The number of H-pyrrole nitrogens is 1. The second-order valence-electron chi connectivity index (χ2n) is 4.91. The zero-order valence-corrected chi connectivity index (χ0v) is 13.1. The Morgan fingerprint density at radius 1 is 1.43 bits per heavy atom. The molecule has 1 atom stereocenters. The average molecular weight is 351 g/mol. The molecule has 0 spiro atoms. The minimum atomic E-state index is -0.174. The number of fused-ring (bicyclic) bond motifs is 1. The van der Waals surface area contributed by atoms with Gasteiger partial charge >= 0.3 is 0 Å². The van der Waals surface area contributed by atoms with Crippen molar-refractivity contribution in [3.8, 4) is 11.5 Å². The van der Waals surface area contributed by atoms with Crippen molar-refractivity contribution in [1.82, 2.24) is 9.88 Å². The monoisotopic (exact) mass is 350 g/mol. The number of aromatic nitrogens is 1. The summed E-state index contributed by atoms with van der Waals surface area (Å²) >= 11 is 3.32. The summed E-state index contributed by atoms with van der Waals surface area (Å²) in [6, 6.07) is 9.30. The Kier molecular flexibility index (Phi) is 3.88. The molecule has 0 bridgehead atoms. The molecule has 0 saturated heterocycles. The highest BCUT2D eigenvalue weighted by Crippen LogP contribution is 2.31. The number of carbonyl (C=O) groups excluding carboxylic acids is 1. The van der Waals surface area contributed by atoms with E-state index in [4.69, 9.17) is 9.47 Å². The number of amides is 1. The number of aromatic amines is 1. The first-order chi connectivity index (χ1) is 10.1. The van der Waals surface area contributed by atoms with Crippen molar-refractivity contribution in [1.29, 1.82) is 0 Å². The number of nitrogens with one attached hydrogen (secondary N) is 1. The van der Waals surface area contributed by atoms with Crippen LogP contribution in [-0.4, -0.2) is 42.1 Å². The summed E-state index contributed by atoms with van der Waals surface area (Å²) in [5.41, 5.74) is 0.543. The minimum absolute atomic E-state index is 0.0804. The molecule has 1 aliphatic rings. The molecule has 1 aromatic carbocycles. The summed E-state index contributed by atoms with van der Waals surface area (Å²) in [5.74, 6) is 1.39. The second kappa shape index (κ2) is 5.81. The quantitative estimate of drug-likeness (QED) is 0.925. The van der Waals surface area contributed by atoms with Crippen LogP contribution in [0.5, 0.6) is 11.5 Å². The number of hydrogen-bond acceptors (Lipinski definition) is 3. The van der Waals surface area contributed by atoms with E-state index in [0.717, 1.165) is 16.0 Å². The fourth-order valence-electron chi connectivity index (χ4n) is 2.24. The largest absolute Gasteiger partial charge is 0.486 e. The summed E-state index contributed by atoms with van der Waals surface area (Å²) in [5, 5.41) is 0. The van der Waals surface area contributed by atoms with Crippen LogP contribution in [0.2, 0.25) is 0 Å². The predicted octanol–water partition coefficient (Wildman–Crippen LogP) is 2.69. The molecular formula is C15H15BrN2O3. The molecule has 2 heterocycles. The van der Waals surface area contributed by atoms with E-state index in [1.165, 1.54) is 0 Å². The number of likely N-dealkylation sites (N-methyl/N-ethyl adjacent to an activating group) is 1. The Morgan fingerprint density at radius 3 is 2.90 bits per heavy atom. The predicted molar refractivity (Wildman–Crippen MR) is 81.8 cm³/mol. The van der Waals surface area contributed by atoms with Crippen molar-refractivity contribution >= 4 is 21.8 Å². The zero-order valence-electron chi connectivity index (χ0n) is 11.5. The van der Waals surface area contributed by atoms with Crippen LogP contribution in [-0.2, 0) is 0 Å². The molecule has 0 aliphatic carbocycles. The van der Waals surface area contributed by atoms with Crippen LogP contribution in [0.3, 0.4) is 0 Å². The van der Waals surface area contributed by atoms with Crippen molar-refractivity contribution in [3.05, 3.63) is 46.7 Å². The normalized spacial score (nSPS) is 16.6. The van der Waals surface area contributed by atoms with E-state index in [9.17, 15) is 4.79 Å². The van der Waals surface area contributed by atoms with Crippen LogP contribution in [0.4, 0.5) is 0 Å². The third-order valence-electron chi connectivity index (χ3n) is 3.27. The van der Waals surface area contributed by atoms with Crippen LogP contribution in [0.15, 0.2) is 41.0 Å². The Bertz CT molecular complexity index is 656. The minimum Gasteiger partial charge on any atom is -0.486 e. The molecule has 0 radical (unpaired) electrons. The van der Waals surface area contributed by atoms with Gasteiger partial charge < -0.3 is 19.4 Å². The van der Waals surface area contributed by atoms with E-state index in [1.54, 1.807) is 24.2 Å². The molecule has 5 nitrogen and oxygen atoms in total. The number of halogens is 1. The molecule has 3 rings (SSSR count). The maximum Gasteiger partial charge on any atom is 0.270 e. The number of hydrogen-bond donors (Lipinski definition) is 1. The van der Waals surface area contributed by atoms with E-state index < -0.39 is 0 Å². The third kappa shape index (κ3) is 3.05. The maximum absolute atomic E-state index is 12.3. The van der Waals surface area contributed by atoms with Gasteiger partial charge in [0.1, 0.15) is 12.3 Å². The van der Waals surface area contributed by atoms with Gasteiger partial charge in [0.05, 0.1) is 6.54 Å². The SMILES string of the molecule is CN(C[C@@H]1COc2ccccc2O1)C(=O)c1cc(Br)c[nH]1. The lowest BCUT2D eigenvalue weighted by molar-refractivity contribution is 0.0518. The number of ether oxygens (including phenoxy) is 2. The van der Waals surface area contributed by atoms with Crippen LogP contribution in [0, 0.1) is 0 Å². The van der Waals surface area contributed by atoms with Crippen molar-refractivity contribution < 1.29 is 14.3 Å². The van der Waals surface area contributed by atoms with Crippen molar-refractivity contribution in [2.75, 3.05) is 20.2 Å². The Hall–Kier alpha value is -1.95. The number of benzene rings is 1. The summed E-state index contributed by atoms with van der Waals surface area (Å²) in [4.78, 5) is 16.8. The number of carbonyl (C=O) groups is 1. The number of para-hydroxylation sites is 2. The summed E-state index contributed by atoms with van der Waals surface area (Å²) in [6.07, 6.45) is 1.56. The molecular weight excluding hydrogens is 336 g/mol. The summed E-state index contributed by atoms with van der Waals surface area (Å²) < 4.78 is 12.4. The van der Waals surface area contributed by atoms with Gasteiger partial charge in [-0.1, -0.05) is 12.1 Å². The highest BCUT2D eigenvalue weighted by atomic mass is 79.9. The van der Waals surface area contributed by atoms with E-state index in [0.29, 0.717) is 18.8 Å². The van der Waals surface area contributed by atoms with Crippen molar-refractivity contribution in [3.63, 3.8) is 0 Å². The highest BCUT2D eigenvalue weighted by molar-refractivity contribution is 9.10. The molecule has 0 saturated carbocycles. The van der Waals surface area contributed by atoms with Crippen LogP contribution < -0.4 is 9.47 Å². The number of rotatable bonds is 3.